The van der Waals surface area contributed by atoms with Gasteiger partial charge < -0.3 is 0 Å². The summed E-state index contributed by atoms with van der Waals surface area (Å²) >= 11 is -3.05. The van der Waals surface area contributed by atoms with E-state index in [0.29, 0.717) is 5.69 Å². The number of aromatic nitrogens is 1. The van der Waals surface area contributed by atoms with Gasteiger partial charge in [0, 0.05) is 0 Å². The van der Waals surface area contributed by atoms with Crippen molar-refractivity contribution in [1.82, 2.24) is 15.2 Å². The molecule has 1 N–H and O–H groups in total. The average Bonchev–Trinajstić information content (AvgIpc) is 3.16. The summed E-state index contributed by atoms with van der Waals surface area (Å²) < 4.78 is 39.7. The Morgan fingerprint density at radius 3 is 2.16 bits per heavy atom. The Balaban J connectivity index is 2.26. The van der Waals surface area contributed by atoms with E-state index in [-0.39, 0.29) is 18.8 Å². The van der Waals surface area contributed by atoms with Gasteiger partial charge >= 0.3 is 233 Å². The van der Waals surface area contributed by atoms with Crippen molar-refractivity contribution < 1.29 is 23.1 Å². The Morgan fingerprint density at radius 2 is 1.66 bits per heavy atom. The molecule has 0 aromatic carbocycles. The van der Waals surface area contributed by atoms with Gasteiger partial charge in [-0.1, -0.05) is 0 Å². The molecule has 1 saturated heterocycles. The molecule has 1 aliphatic heterocycles. The number of carbonyl (C=O) groups excluding carboxylic acids is 2. The molecule has 9 heteroatoms. The maximum atomic E-state index is 15.4. The van der Waals surface area contributed by atoms with Crippen LogP contribution in [0.3, 0.4) is 0 Å². The molecule has 1 aromatic rings. The number of alkyl halides is 1. The fraction of sp³-hybridized carbons (Fsp3) is 0.759. The van der Waals surface area contributed by atoms with E-state index in [1.807, 2.05) is 6.07 Å². The number of unbranched alkanes of at least 4 members (excludes halogenated alkanes) is 3. The number of nitrogens with one attached hydrogen (secondary N) is 1. The van der Waals surface area contributed by atoms with Crippen molar-refractivity contribution >= 4 is 34.0 Å². The molecule has 0 radical (unpaired) electrons. The van der Waals surface area contributed by atoms with Crippen LogP contribution in [0.5, 0.6) is 0 Å². The van der Waals surface area contributed by atoms with Gasteiger partial charge in [-0.05, 0) is 0 Å². The van der Waals surface area contributed by atoms with Crippen LogP contribution < -0.4 is 8.90 Å². The third-order valence-corrected chi connectivity index (χ3v) is 23.2. The zero-order valence-electron chi connectivity index (χ0n) is 24.5. The zero-order valence-corrected chi connectivity index (χ0v) is 27.4. The number of likely N-dealkylation sites (tertiary alicyclic amines) is 1. The molecule has 2 amide bonds. The number of nitrogens with zero attached hydrogens (tertiary/aromatic N) is 2. The summed E-state index contributed by atoms with van der Waals surface area (Å²) in [4.78, 5) is 31.4. The Hall–Kier alpha value is -1.45. The summed E-state index contributed by atoms with van der Waals surface area (Å²) in [5, 5.41) is 2.84. The normalized spacial score (nSPS) is 20.0. The summed E-state index contributed by atoms with van der Waals surface area (Å²) in [5.41, 5.74) is -0.154. The molecule has 216 valence electrons. The minimum atomic E-state index is -3.05. The van der Waals surface area contributed by atoms with Gasteiger partial charge in [-0.3, -0.25) is 0 Å². The Morgan fingerprint density at radius 1 is 1.11 bits per heavy atom. The van der Waals surface area contributed by atoms with Gasteiger partial charge in [0.2, 0.25) is 0 Å². The summed E-state index contributed by atoms with van der Waals surface area (Å²) in [6.45, 7) is 13.5. The molecule has 2 rings (SSSR count). The van der Waals surface area contributed by atoms with Crippen molar-refractivity contribution in [3.63, 3.8) is 0 Å². The van der Waals surface area contributed by atoms with E-state index in [0.717, 1.165) is 55.4 Å². The molecule has 1 aromatic heterocycles. The molecule has 3 unspecified atom stereocenters. The standard InChI is InChI=1S/C17H22F2N3O3.3C4H9.Sn/c1-10-13(19)7-14(22(10)16(24)25-17(2,3)4)15(23)21-9-12-6-5-11(18)8-20-12;3*1-3-4-2;/h6,8,10,13-14H,7,9H2,1-4H3,(H,21,23);3*1,3-4H2,2H3;. The summed E-state index contributed by atoms with van der Waals surface area (Å²) in [6.07, 6.45) is 5.83. The van der Waals surface area contributed by atoms with Crippen LogP contribution >= 0.6 is 0 Å². The molecule has 0 spiro atoms. The molecule has 0 saturated carbocycles. The van der Waals surface area contributed by atoms with Crippen molar-refractivity contribution in [2.75, 3.05) is 0 Å². The number of ether oxygens (including phenoxy) is 1. The number of amides is 2. The number of carbonyl (C=O) groups is 2. The third-order valence-electron chi connectivity index (χ3n) is 7.61. The topological polar surface area (TPSA) is 71.5 Å². The van der Waals surface area contributed by atoms with Gasteiger partial charge in [0.05, 0.1) is 0 Å². The molecular formula is C29H49F2N3O3Sn. The summed E-state index contributed by atoms with van der Waals surface area (Å²) in [5.74, 6) is -0.659. The number of halogens is 2. The molecule has 6 nitrogen and oxygen atoms in total. The van der Waals surface area contributed by atoms with Crippen LogP contribution in [-0.4, -0.2) is 64.1 Å². The van der Waals surface area contributed by atoms with E-state index in [1.54, 1.807) is 27.7 Å². The van der Waals surface area contributed by atoms with Crippen LogP contribution in [0.25, 0.3) is 0 Å². The molecule has 38 heavy (non-hydrogen) atoms. The van der Waals surface area contributed by atoms with Crippen LogP contribution in [0.4, 0.5) is 13.6 Å². The molecule has 1 aliphatic rings. The van der Waals surface area contributed by atoms with Crippen molar-refractivity contribution in [3.8, 4) is 0 Å². The number of pyridine rings is 1. The van der Waals surface area contributed by atoms with E-state index in [2.05, 4.69) is 31.1 Å². The van der Waals surface area contributed by atoms with Crippen LogP contribution in [0.15, 0.2) is 12.3 Å². The van der Waals surface area contributed by atoms with Gasteiger partial charge in [-0.25, -0.2) is 0 Å². The molecule has 1 fully saturated rings. The van der Waals surface area contributed by atoms with Crippen molar-refractivity contribution in [3.05, 3.63) is 23.8 Å². The van der Waals surface area contributed by atoms with E-state index in [9.17, 15) is 14.0 Å². The van der Waals surface area contributed by atoms with Gasteiger partial charge in [0.15, 0.2) is 0 Å². The first-order valence-corrected chi connectivity index (χ1v) is 21.9. The van der Waals surface area contributed by atoms with Gasteiger partial charge in [-0.15, -0.1) is 0 Å². The maximum absolute atomic E-state index is 15.4. The number of hydrogen-bond acceptors (Lipinski definition) is 4. The first-order valence-electron chi connectivity index (χ1n) is 14.5. The van der Waals surface area contributed by atoms with Crippen molar-refractivity contribution in [2.24, 2.45) is 0 Å². The predicted octanol–water partition coefficient (Wildman–Crippen LogP) is 6.63. The predicted molar refractivity (Wildman–Crippen MR) is 151 cm³/mol. The summed E-state index contributed by atoms with van der Waals surface area (Å²) in [6, 6.07) is 0.168. The zero-order chi connectivity index (χ0) is 28.5. The Kier molecular flexibility index (Phi) is 12.8. The third kappa shape index (κ3) is 8.78. The second kappa shape index (κ2) is 14.8. The first-order chi connectivity index (χ1) is 17.9. The Bertz CT molecular complexity index is 903. The monoisotopic (exact) mass is 645 g/mol. The first kappa shape index (κ1) is 32.8. The quantitative estimate of drug-likeness (QED) is 0.245. The average molecular weight is 644 g/mol. The fourth-order valence-electron chi connectivity index (χ4n) is 5.43. The summed E-state index contributed by atoms with van der Waals surface area (Å²) in [7, 11) is 0. The van der Waals surface area contributed by atoms with E-state index in [4.69, 9.17) is 4.74 Å². The molecule has 0 aliphatic carbocycles. The molecule has 0 bridgehead atoms. The van der Waals surface area contributed by atoms with E-state index >= 15 is 4.39 Å². The minimum absolute atomic E-state index is 0.0844. The fourth-order valence-corrected chi connectivity index (χ4v) is 21.7. The Labute approximate surface area is 232 Å². The molecule has 2 heterocycles. The molecular weight excluding hydrogens is 595 g/mol. The van der Waals surface area contributed by atoms with Crippen molar-refractivity contribution in [2.45, 2.75) is 137 Å². The van der Waals surface area contributed by atoms with Gasteiger partial charge in [0.1, 0.15) is 0 Å². The van der Waals surface area contributed by atoms with Crippen LogP contribution in [0, 0.1) is 5.82 Å². The van der Waals surface area contributed by atoms with Crippen molar-refractivity contribution in [1.29, 1.82) is 0 Å². The molecule has 3 atom stereocenters. The number of rotatable bonds is 13. The van der Waals surface area contributed by atoms with Crippen LogP contribution in [0.1, 0.15) is 99.1 Å². The second-order valence-corrected chi connectivity index (χ2v) is 25.0. The van der Waals surface area contributed by atoms with Crippen LogP contribution in [0.2, 0.25) is 13.3 Å². The SMILES string of the molecule is CCC[CH2][Sn]([CH2]CCC)([CH2]CCC)[c]1cc(CNC(=O)C2CC(F)C(C)N2C(=O)OC(C)(C)C)ncc1F. The van der Waals surface area contributed by atoms with Crippen LogP contribution in [-0.2, 0) is 16.1 Å². The van der Waals surface area contributed by atoms with Gasteiger partial charge in [-0.2, -0.15) is 0 Å². The number of hydrogen-bond donors (Lipinski definition) is 1. The van der Waals surface area contributed by atoms with E-state index in [1.165, 1.54) is 11.1 Å². The van der Waals surface area contributed by atoms with E-state index < -0.39 is 54.2 Å². The second-order valence-electron chi connectivity index (χ2n) is 11.9. The van der Waals surface area contributed by atoms with Gasteiger partial charge in [0.25, 0.3) is 0 Å².